The Morgan fingerprint density at radius 1 is 0.269 bits per heavy atom. The summed E-state index contributed by atoms with van der Waals surface area (Å²) in [5, 5.41) is 66.0. The smallest absolute Gasteiger partial charge is 0.194 e. The molecule has 31 heteroatoms. The van der Waals surface area contributed by atoms with Gasteiger partial charge in [0.2, 0.25) is 0 Å². The summed E-state index contributed by atoms with van der Waals surface area (Å²) in [4.78, 5) is 13.7. The number of aromatic nitrogens is 6. The molecule has 670 valence electrons. The SMILES string of the molecule is COc1cc(-c2cc(-c3ccc(N4CCCC4)cc3)no2)cc(F)c1O.COc1cc(-c2cc(-c3ccc(N4CCCC4)cc3)ns2)cc(F)c1O.COc1cc(-c2cc(-c3ccc(N4CCCC4)cc3)on2)cc(F)c1O.COc1cc(-c2cc(-c3ccc(N4CCCC4)cc3)sn2)cc(F)c1O.COc1cc(-c2nnc(-c3ccc(N4CCCC4)cc3)s2)cc(F)c1O. The second kappa shape index (κ2) is 41.0. The van der Waals surface area contributed by atoms with E-state index in [9.17, 15) is 47.5 Å². The Kier molecular flexibility index (Phi) is 28.2. The number of methoxy groups -OCH3 is 5. The van der Waals surface area contributed by atoms with Gasteiger partial charge < -0.3 is 82.8 Å². The molecule has 130 heavy (non-hydrogen) atoms. The Morgan fingerprint density at radius 2 is 0.523 bits per heavy atom. The van der Waals surface area contributed by atoms with E-state index in [0.29, 0.717) is 61.4 Å². The number of phenols is 5. The maximum atomic E-state index is 13.9. The lowest BCUT2D eigenvalue weighted by molar-refractivity contribution is 0.357. The Balaban J connectivity index is 0.000000119. The van der Waals surface area contributed by atoms with Crippen LogP contribution in [0.15, 0.2) is 215 Å². The van der Waals surface area contributed by atoms with Gasteiger partial charge in [-0.2, -0.15) is 8.75 Å². The highest BCUT2D eigenvalue weighted by Crippen LogP contribution is 2.44. The highest BCUT2D eigenvalue weighted by atomic mass is 32.1. The molecule has 0 unspecified atom stereocenters. The van der Waals surface area contributed by atoms with Gasteiger partial charge in [0.1, 0.15) is 21.4 Å². The van der Waals surface area contributed by atoms with Gasteiger partial charge in [0.15, 0.2) is 98.1 Å². The molecule has 0 saturated carbocycles. The maximum absolute atomic E-state index is 13.9. The number of benzene rings is 10. The summed E-state index contributed by atoms with van der Waals surface area (Å²) in [7, 11) is 6.91. The number of nitrogens with zero attached hydrogens (tertiary/aromatic N) is 11. The summed E-state index contributed by atoms with van der Waals surface area (Å²) in [5.74, 6) is -4.80. The zero-order valence-corrected chi connectivity index (χ0v) is 74.3. The van der Waals surface area contributed by atoms with Crippen molar-refractivity contribution in [3.05, 3.63) is 235 Å². The maximum Gasteiger partial charge on any atom is 0.194 e. The van der Waals surface area contributed by atoms with E-state index in [2.05, 4.69) is 139 Å². The van der Waals surface area contributed by atoms with Crippen LogP contribution in [0.2, 0.25) is 0 Å². The number of ether oxygens (including phenoxy) is 5. The fraction of sp³-hybridized carbons (Fsp3) is 0.253. The summed E-state index contributed by atoms with van der Waals surface area (Å²) < 4.78 is 114. The molecule has 5 aliphatic rings. The van der Waals surface area contributed by atoms with E-state index in [1.807, 2.05) is 48.5 Å². The minimum atomic E-state index is -0.771. The van der Waals surface area contributed by atoms with Crippen LogP contribution in [-0.4, -0.2) is 156 Å². The Labute approximate surface area is 759 Å². The Hall–Kier alpha value is -13.9. The molecule has 0 atom stereocenters. The van der Waals surface area contributed by atoms with Crippen LogP contribution in [0.3, 0.4) is 0 Å². The lowest BCUT2D eigenvalue weighted by Crippen LogP contribution is -2.17. The van der Waals surface area contributed by atoms with Crippen molar-refractivity contribution in [1.29, 1.82) is 0 Å². The largest absolute Gasteiger partial charge is 0.502 e. The molecular formula is C99H94F5N11O12S3. The highest BCUT2D eigenvalue weighted by molar-refractivity contribution is 7.18. The fourth-order valence-electron chi connectivity index (χ4n) is 16.0. The molecule has 5 aromatic heterocycles. The van der Waals surface area contributed by atoms with Crippen molar-refractivity contribution in [3.8, 4) is 167 Å². The Bertz CT molecular complexity index is 5480. The summed E-state index contributed by atoms with van der Waals surface area (Å²) in [6, 6.07) is 62.8. The standard InChI is InChI=1S/2C20H19FN2O3.2C20H19FN2O2S.C19H18FN3O2S/c1-25-19-11-14(10-16(21)20(19)24)17-12-18(26-22-17)13-4-6-15(7-5-13)23-8-2-3-9-23;1-25-19-11-14(10-16(21)20(19)24)18-12-17(22-26-18)13-4-6-15(7-5-13)23-8-2-3-9-23;1-25-18-11-14(10-16(21)20(18)24)17-12-19(26-22-17)13-4-6-15(7-5-13)23-8-2-3-9-23;1-25-18-11-14(10-16(21)20(18)24)19-12-17(22-26-19)13-4-6-15(7-5-13)23-8-2-3-9-23;1-25-16-11-13(10-15(20)17(16)24)19-22-21-18(26-19)12-4-6-14(7-5-12)23-8-2-3-9-23/h4*4-7,10-12,24H,2-3,8-9H2,1H3;4-7,10-11,24H,2-3,8-9H2,1H3. The predicted octanol–water partition coefficient (Wildman–Crippen LogP) is 23.1. The van der Waals surface area contributed by atoms with Gasteiger partial charge in [0.05, 0.1) is 56.7 Å². The third-order valence-corrected chi connectivity index (χ3v) is 25.9. The molecule has 0 spiro atoms. The fourth-order valence-corrected chi connectivity index (χ4v) is 18.4. The van der Waals surface area contributed by atoms with E-state index in [0.717, 1.165) is 114 Å². The van der Waals surface area contributed by atoms with Crippen molar-refractivity contribution in [1.82, 2.24) is 29.3 Å². The average molecular weight is 1820 g/mol. The predicted molar refractivity (Wildman–Crippen MR) is 500 cm³/mol. The third-order valence-electron chi connectivity index (χ3n) is 23.2. The Morgan fingerprint density at radius 3 is 0.892 bits per heavy atom. The summed E-state index contributed by atoms with van der Waals surface area (Å²) in [6.45, 7) is 11.1. The highest BCUT2D eigenvalue weighted by Gasteiger charge is 2.25. The number of halogens is 5. The number of hydrogen-bond donors (Lipinski definition) is 5. The van der Waals surface area contributed by atoms with Crippen LogP contribution in [0.1, 0.15) is 64.2 Å². The molecule has 5 saturated heterocycles. The van der Waals surface area contributed by atoms with Gasteiger partial charge in [-0.25, -0.2) is 22.0 Å². The number of anilines is 5. The molecule has 23 nitrogen and oxygen atoms in total. The van der Waals surface area contributed by atoms with Crippen molar-refractivity contribution in [3.63, 3.8) is 0 Å². The van der Waals surface area contributed by atoms with Crippen molar-refractivity contribution >= 4 is 62.8 Å². The summed E-state index contributed by atoms with van der Waals surface area (Å²) in [6.07, 6.45) is 12.5. The first kappa shape index (κ1) is 89.5. The quantitative estimate of drug-likeness (QED) is 0.0444. The third kappa shape index (κ3) is 20.6. The lowest BCUT2D eigenvalue weighted by atomic mass is 10.1. The van der Waals surface area contributed by atoms with Crippen LogP contribution in [-0.2, 0) is 0 Å². The molecule has 10 aromatic carbocycles. The number of phenolic OH excluding ortho intramolecular Hbond substituents is 5. The van der Waals surface area contributed by atoms with E-state index in [1.54, 1.807) is 30.3 Å². The molecule has 15 aromatic rings. The molecule has 20 rings (SSSR count). The van der Waals surface area contributed by atoms with Gasteiger partial charge in [-0.15, -0.1) is 10.2 Å². The van der Waals surface area contributed by atoms with Gasteiger partial charge >= 0.3 is 0 Å². The summed E-state index contributed by atoms with van der Waals surface area (Å²) >= 11 is 4.04. The molecule has 0 radical (unpaired) electrons. The van der Waals surface area contributed by atoms with E-state index in [-0.39, 0.29) is 28.7 Å². The molecule has 0 aliphatic carbocycles. The molecule has 10 heterocycles. The number of aromatic hydroxyl groups is 5. The average Bonchev–Trinajstić information content (AvgIpc) is 1.78. The van der Waals surface area contributed by atoms with Gasteiger partial charge in [-0.1, -0.05) is 58.0 Å². The van der Waals surface area contributed by atoms with E-state index in [1.165, 1.54) is 205 Å². The van der Waals surface area contributed by atoms with Gasteiger partial charge in [0, 0.05) is 156 Å². The normalized spacial score (nSPS) is 14.0. The first-order valence-corrected chi connectivity index (χ1v) is 45.0. The van der Waals surface area contributed by atoms with Gasteiger partial charge in [-0.3, -0.25) is 0 Å². The topological polar surface area (TPSA) is 267 Å². The van der Waals surface area contributed by atoms with E-state index < -0.39 is 57.8 Å². The van der Waals surface area contributed by atoms with E-state index in [4.69, 9.17) is 32.7 Å². The van der Waals surface area contributed by atoms with Gasteiger partial charge in [-0.05, 0) is 251 Å². The molecule has 5 fully saturated rings. The zero-order chi connectivity index (χ0) is 90.5. The van der Waals surface area contributed by atoms with Crippen LogP contribution in [0.5, 0.6) is 57.5 Å². The summed E-state index contributed by atoms with van der Waals surface area (Å²) in [5.41, 5.74) is 16.4. The first-order valence-electron chi connectivity index (χ1n) is 42.6. The second-order valence-electron chi connectivity index (χ2n) is 31.5. The van der Waals surface area contributed by atoms with Crippen molar-refractivity contribution in [2.75, 3.05) is 125 Å². The molecular weight excluding hydrogens is 1730 g/mol. The minimum absolute atomic E-state index is 0.0490. The molecule has 5 aliphatic heterocycles. The number of hydrogen-bond acceptors (Lipinski definition) is 26. The molecule has 0 bridgehead atoms. The van der Waals surface area contributed by atoms with Crippen LogP contribution in [0, 0.1) is 29.1 Å². The first-order chi connectivity index (χ1) is 63.3. The zero-order valence-electron chi connectivity index (χ0n) is 71.9. The molecule has 5 N–H and O–H groups in total. The van der Waals surface area contributed by atoms with Crippen LogP contribution >= 0.6 is 34.4 Å². The van der Waals surface area contributed by atoms with Crippen LogP contribution in [0.4, 0.5) is 50.4 Å². The number of rotatable bonds is 20. The monoisotopic (exact) mass is 1820 g/mol. The second-order valence-corrected chi connectivity index (χ2v) is 34.1. The van der Waals surface area contributed by atoms with Crippen LogP contribution in [0.25, 0.3) is 110 Å². The van der Waals surface area contributed by atoms with Crippen molar-refractivity contribution < 1.29 is 80.2 Å². The lowest BCUT2D eigenvalue weighted by Gasteiger charge is -2.17. The van der Waals surface area contributed by atoms with Crippen LogP contribution < -0.4 is 48.2 Å². The van der Waals surface area contributed by atoms with E-state index >= 15 is 0 Å². The van der Waals surface area contributed by atoms with Gasteiger partial charge in [0.25, 0.3) is 0 Å². The van der Waals surface area contributed by atoms with Crippen molar-refractivity contribution in [2.24, 2.45) is 0 Å². The molecule has 0 amide bonds. The minimum Gasteiger partial charge on any atom is -0.502 e. The van der Waals surface area contributed by atoms with Crippen molar-refractivity contribution in [2.45, 2.75) is 64.2 Å².